The van der Waals surface area contributed by atoms with E-state index in [2.05, 4.69) is 15.6 Å². The van der Waals surface area contributed by atoms with Gasteiger partial charge in [0.25, 0.3) is 5.91 Å². The number of hydrogen-bond acceptors (Lipinski definition) is 8. The van der Waals surface area contributed by atoms with Gasteiger partial charge in [0, 0.05) is 20.1 Å². The van der Waals surface area contributed by atoms with Gasteiger partial charge < -0.3 is 14.6 Å². The maximum Gasteiger partial charge on any atom is 0.311 e. The third-order valence-corrected chi connectivity index (χ3v) is 7.81. The summed E-state index contributed by atoms with van der Waals surface area (Å²) < 4.78 is 39.4. The maximum absolute atomic E-state index is 13.1. The zero-order valence-corrected chi connectivity index (χ0v) is 19.9. The lowest BCUT2D eigenvalue weighted by Crippen LogP contribution is -2.44. The largest absolute Gasteiger partial charge is 0.452 e. The van der Waals surface area contributed by atoms with E-state index >= 15 is 0 Å². The number of piperidine rings is 1. The Morgan fingerprint density at radius 1 is 1.22 bits per heavy atom. The lowest BCUT2D eigenvalue weighted by Gasteiger charge is -2.31. The van der Waals surface area contributed by atoms with E-state index in [4.69, 9.17) is 9.26 Å². The number of carbonyl (C=O) groups is 2. The average Bonchev–Trinajstić information content (AvgIpc) is 3.20. The fourth-order valence-corrected chi connectivity index (χ4v) is 5.64. The lowest BCUT2D eigenvalue weighted by molar-refractivity contribution is -0.158. The average molecular weight is 468 g/mol. The number of rotatable bonds is 6. The molecule has 0 saturated carbocycles. The Hall–Kier alpha value is -2.73. The molecule has 2 atom stereocenters. The number of carbonyl (C=O) groups excluding carboxylic acids is 2. The van der Waals surface area contributed by atoms with E-state index in [0.717, 1.165) is 5.69 Å². The molecule has 11 nitrogen and oxygen atoms in total. The van der Waals surface area contributed by atoms with Crippen LogP contribution in [0.4, 0.5) is 5.69 Å². The molecule has 0 aliphatic carbocycles. The molecule has 12 heteroatoms. The first kappa shape index (κ1) is 23.9. The predicted octanol–water partition coefficient (Wildman–Crippen LogP) is 1.61. The van der Waals surface area contributed by atoms with E-state index in [-0.39, 0.29) is 29.4 Å². The number of sulfonamides is 1. The second-order valence-corrected chi connectivity index (χ2v) is 9.97. The highest BCUT2D eigenvalue weighted by atomic mass is 32.2. The zero-order valence-electron chi connectivity index (χ0n) is 19.1. The molecule has 0 spiro atoms. The topological polar surface area (TPSA) is 137 Å². The number of amides is 1. The molecule has 32 heavy (non-hydrogen) atoms. The summed E-state index contributed by atoms with van der Waals surface area (Å²) in [6, 6.07) is 0. The molecule has 2 aromatic rings. The van der Waals surface area contributed by atoms with Crippen LogP contribution < -0.4 is 5.32 Å². The normalized spacial score (nSPS) is 18.4. The lowest BCUT2D eigenvalue weighted by atomic mass is 10.00. The number of aromatic nitrogens is 3. The predicted molar refractivity (Wildman–Crippen MR) is 114 cm³/mol. The van der Waals surface area contributed by atoms with Crippen LogP contribution in [0.5, 0.6) is 0 Å². The number of aryl methyl sites for hydroxylation is 4. The summed E-state index contributed by atoms with van der Waals surface area (Å²) in [5, 5.41) is 10.7. The van der Waals surface area contributed by atoms with E-state index in [0.29, 0.717) is 24.2 Å². The molecule has 1 aliphatic rings. The van der Waals surface area contributed by atoms with E-state index in [1.807, 2.05) is 6.92 Å². The summed E-state index contributed by atoms with van der Waals surface area (Å²) in [5.74, 6) is -1.55. The molecule has 0 bridgehead atoms. The van der Waals surface area contributed by atoms with E-state index in [1.54, 1.807) is 25.6 Å². The fraction of sp³-hybridized carbons (Fsp3) is 0.600. The number of anilines is 1. The van der Waals surface area contributed by atoms with E-state index in [1.165, 1.54) is 18.2 Å². The molecule has 1 amide bonds. The molecular formula is C20H29N5O6S. The molecule has 3 heterocycles. The standard InChI is InChI=1S/C20H29N5O6S/c1-11-17(13(3)24(6)22-11)21-19(26)15(5)30-20(27)16-8-7-9-25(10-16)32(28,29)18-12(2)23-31-14(18)4/h15-16H,7-10H2,1-6H3,(H,21,26). The molecule has 1 N–H and O–H groups in total. The molecule has 1 fully saturated rings. The van der Waals surface area contributed by atoms with Gasteiger partial charge in [-0.15, -0.1) is 0 Å². The first-order valence-electron chi connectivity index (χ1n) is 10.4. The molecule has 2 unspecified atom stereocenters. The number of hydrogen-bond donors (Lipinski definition) is 1. The summed E-state index contributed by atoms with van der Waals surface area (Å²) >= 11 is 0. The van der Waals surface area contributed by atoms with Crippen molar-refractivity contribution in [1.82, 2.24) is 19.2 Å². The van der Waals surface area contributed by atoms with Crippen molar-refractivity contribution in [2.45, 2.75) is 58.5 Å². The minimum Gasteiger partial charge on any atom is -0.452 e. The third kappa shape index (κ3) is 4.56. The first-order valence-corrected chi connectivity index (χ1v) is 11.8. The van der Waals surface area contributed by atoms with Crippen molar-refractivity contribution in [2.24, 2.45) is 13.0 Å². The van der Waals surface area contributed by atoms with Crippen molar-refractivity contribution < 1.29 is 27.3 Å². The Balaban J connectivity index is 1.65. The van der Waals surface area contributed by atoms with Crippen molar-refractivity contribution in [1.29, 1.82) is 0 Å². The van der Waals surface area contributed by atoms with Gasteiger partial charge in [-0.3, -0.25) is 14.3 Å². The van der Waals surface area contributed by atoms with Gasteiger partial charge in [0.05, 0.1) is 23.0 Å². The van der Waals surface area contributed by atoms with Gasteiger partial charge >= 0.3 is 5.97 Å². The molecular weight excluding hydrogens is 438 g/mol. The van der Waals surface area contributed by atoms with Gasteiger partial charge in [0.2, 0.25) is 10.0 Å². The van der Waals surface area contributed by atoms with Crippen LogP contribution in [0.25, 0.3) is 0 Å². The van der Waals surface area contributed by atoms with E-state index < -0.39 is 33.9 Å². The Morgan fingerprint density at radius 2 is 1.91 bits per heavy atom. The number of nitrogens with one attached hydrogen (secondary N) is 1. The van der Waals surface area contributed by atoms with Gasteiger partial charge in [-0.05, 0) is 47.5 Å². The van der Waals surface area contributed by atoms with Gasteiger partial charge in [-0.2, -0.15) is 9.40 Å². The molecule has 176 valence electrons. The Kier molecular flexibility index (Phi) is 6.75. The molecule has 3 rings (SSSR count). The number of ether oxygens (including phenoxy) is 1. The second kappa shape index (κ2) is 9.02. The molecule has 1 saturated heterocycles. The number of esters is 1. The molecule has 2 aromatic heterocycles. The maximum atomic E-state index is 13.1. The SMILES string of the molecule is Cc1nn(C)c(C)c1NC(=O)C(C)OC(=O)C1CCCN(S(=O)(=O)c2c(C)noc2C)C1. The second-order valence-electron chi connectivity index (χ2n) is 8.09. The van der Waals surface area contributed by atoms with Crippen LogP contribution in [0, 0.1) is 33.6 Å². The summed E-state index contributed by atoms with van der Waals surface area (Å²) in [7, 11) is -2.09. The Bertz CT molecular complexity index is 1120. The van der Waals surface area contributed by atoms with Crippen molar-refractivity contribution >= 4 is 27.6 Å². The van der Waals surface area contributed by atoms with Gasteiger partial charge in [-0.25, -0.2) is 8.42 Å². The molecule has 0 aromatic carbocycles. The van der Waals surface area contributed by atoms with Crippen LogP contribution in [0.2, 0.25) is 0 Å². The zero-order chi connectivity index (χ0) is 23.8. The van der Waals surface area contributed by atoms with Gasteiger partial charge in [0.15, 0.2) is 11.9 Å². The third-order valence-electron chi connectivity index (χ3n) is 5.70. The van der Waals surface area contributed by atoms with Crippen LogP contribution in [0.1, 0.15) is 42.6 Å². The summed E-state index contributed by atoms with van der Waals surface area (Å²) in [5.41, 5.74) is 2.29. The van der Waals surface area contributed by atoms with Crippen molar-refractivity contribution in [3.8, 4) is 0 Å². The highest BCUT2D eigenvalue weighted by Crippen LogP contribution is 2.28. The van der Waals surface area contributed by atoms with E-state index in [9.17, 15) is 18.0 Å². The van der Waals surface area contributed by atoms with Crippen LogP contribution in [-0.4, -0.2) is 58.7 Å². The monoisotopic (exact) mass is 467 g/mol. The highest BCUT2D eigenvalue weighted by molar-refractivity contribution is 7.89. The Morgan fingerprint density at radius 3 is 2.47 bits per heavy atom. The van der Waals surface area contributed by atoms with Crippen LogP contribution in [-0.2, 0) is 31.4 Å². The van der Waals surface area contributed by atoms with Crippen molar-refractivity contribution in [3.05, 3.63) is 22.8 Å². The van der Waals surface area contributed by atoms with Crippen LogP contribution in [0.3, 0.4) is 0 Å². The van der Waals surface area contributed by atoms with Gasteiger partial charge in [0.1, 0.15) is 10.6 Å². The minimum absolute atomic E-state index is 0.0274. The number of nitrogens with zero attached hydrogens (tertiary/aromatic N) is 4. The first-order chi connectivity index (χ1) is 14.9. The Labute approximate surface area is 187 Å². The minimum atomic E-state index is -3.86. The van der Waals surface area contributed by atoms with Crippen LogP contribution >= 0.6 is 0 Å². The van der Waals surface area contributed by atoms with Gasteiger partial charge in [-0.1, -0.05) is 5.16 Å². The summed E-state index contributed by atoms with van der Waals surface area (Å²) in [4.78, 5) is 25.3. The fourth-order valence-electron chi connectivity index (χ4n) is 3.83. The van der Waals surface area contributed by atoms with Crippen molar-refractivity contribution in [3.63, 3.8) is 0 Å². The quantitative estimate of drug-likeness (QED) is 0.633. The molecule has 1 aliphatic heterocycles. The summed E-state index contributed by atoms with van der Waals surface area (Å²) in [6.45, 7) is 8.43. The van der Waals surface area contributed by atoms with Crippen LogP contribution in [0.15, 0.2) is 9.42 Å². The molecule has 0 radical (unpaired) electrons. The summed E-state index contributed by atoms with van der Waals surface area (Å²) in [6.07, 6.45) is -0.0745. The van der Waals surface area contributed by atoms with Crippen molar-refractivity contribution in [2.75, 3.05) is 18.4 Å². The smallest absolute Gasteiger partial charge is 0.311 e. The highest BCUT2D eigenvalue weighted by Gasteiger charge is 2.37.